The van der Waals surface area contributed by atoms with E-state index in [0.29, 0.717) is 19.7 Å². The van der Waals surface area contributed by atoms with Crippen molar-refractivity contribution in [1.29, 1.82) is 0 Å². The van der Waals surface area contributed by atoms with Gasteiger partial charge in [-0.05, 0) is 26.0 Å². The minimum Gasteiger partial charge on any atom is -0.449 e. The summed E-state index contributed by atoms with van der Waals surface area (Å²) < 4.78 is 4.96. The lowest BCUT2D eigenvalue weighted by atomic mass is 10.5. The predicted molar refractivity (Wildman–Crippen MR) is 52.7 cm³/mol. The number of hydrogen-bond acceptors (Lipinski definition) is 3. The van der Waals surface area contributed by atoms with Gasteiger partial charge in [0.05, 0.1) is 6.61 Å². The lowest BCUT2D eigenvalue weighted by molar-refractivity contribution is 0.106. The molecule has 0 radical (unpaired) electrons. The van der Waals surface area contributed by atoms with Gasteiger partial charge in [-0.25, -0.2) is 4.79 Å². The van der Waals surface area contributed by atoms with Crippen molar-refractivity contribution in [2.45, 2.75) is 20.3 Å². The quantitative estimate of drug-likeness (QED) is 0.530. The highest BCUT2D eigenvalue weighted by Gasteiger charge is 2.08. The summed E-state index contributed by atoms with van der Waals surface area (Å²) in [6.07, 6.45) is 0.595. The summed E-state index contributed by atoms with van der Waals surface area (Å²) in [5.41, 5.74) is 0. The monoisotopic (exact) mass is 191 g/mol. The topological polar surface area (TPSA) is 29.5 Å². The summed E-state index contributed by atoms with van der Waals surface area (Å²) in [4.78, 5) is 12.8. The number of ether oxygens (including phenoxy) is 1. The SMILES string of the molecule is CCN(CC)C(=O)OCCCS. The fourth-order valence-corrected chi connectivity index (χ4v) is 0.926. The number of carbonyl (C=O) groups excluding carboxylic acids is 1. The van der Waals surface area contributed by atoms with Gasteiger partial charge in [0.1, 0.15) is 0 Å². The molecular formula is C8H17NO2S. The zero-order valence-electron chi connectivity index (χ0n) is 7.75. The molecule has 0 saturated heterocycles. The Morgan fingerprint density at radius 3 is 2.42 bits per heavy atom. The van der Waals surface area contributed by atoms with Gasteiger partial charge in [0.15, 0.2) is 0 Å². The van der Waals surface area contributed by atoms with E-state index in [4.69, 9.17) is 4.74 Å². The van der Waals surface area contributed by atoms with Crippen LogP contribution >= 0.6 is 12.6 Å². The second-order valence-corrected chi connectivity index (χ2v) is 2.81. The van der Waals surface area contributed by atoms with Gasteiger partial charge in [-0.1, -0.05) is 0 Å². The van der Waals surface area contributed by atoms with Crippen LogP contribution in [0.1, 0.15) is 20.3 Å². The number of nitrogens with zero attached hydrogens (tertiary/aromatic N) is 1. The largest absolute Gasteiger partial charge is 0.449 e. The van der Waals surface area contributed by atoms with Crippen LogP contribution in [0.4, 0.5) is 4.79 Å². The predicted octanol–water partition coefficient (Wildman–Crippen LogP) is 1.78. The maximum absolute atomic E-state index is 11.2. The Morgan fingerprint density at radius 2 is 2.00 bits per heavy atom. The van der Waals surface area contributed by atoms with Crippen LogP contribution < -0.4 is 0 Å². The molecule has 0 aliphatic heterocycles. The Bertz CT molecular complexity index is 126. The molecule has 4 heteroatoms. The zero-order valence-corrected chi connectivity index (χ0v) is 8.64. The highest BCUT2D eigenvalue weighted by molar-refractivity contribution is 7.80. The minimum absolute atomic E-state index is 0.221. The first-order valence-corrected chi connectivity index (χ1v) is 4.92. The van der Waals surface area contributed by atoms with Crippen LogP contribution in [0.2, 0.25) is 0 Å². The molecule has 0 spiro atoms. The average molecular weight is 191 g/mol. The third-order valence-electron chi connectivity index (χ3n) is 1.55. The Hall–Kier alpha value is -0.380. The van der Waals surface area contributed by atoms with Crippen molar-refractivity contribution in [3.8, 4) is 0 Å². The van der Waals surface area contributed by atoms with Crippen LogP contribution in [-0.2, 0) is 4.74 Å². The molecule has 12 heavy (non-hydrogen) atoms. The van der Waals surface area contributed by atoms with E-state index in [1.54, 1.807) is 4.90 Å². The summed E-state index contributed by atoms with van der Waals surface area (Å²) in [5.74, 6) is 0.755. The second kappa shape index (κ2) is 7.28. The standard InChI is InChI=1S/C8H17NO2S/c1-3-9(4-2)8(10)11-6-5-7-12/h12H,3-7H2,1-2H3. The summed E-state index contributed by atoms with van der Waals surface area (Å²) in [5, 5.41) is 0. The summed E-state index contributed by atoms with van der Waals surface area (Å²) in [6, 6.07) is 0. The molecule has 3 nitrogen and oxygen atoms in total. The van der Waals surface area contributed by atoms with Gasteiger partial charge in [0.2, 0.25) is 0 Å². The molecule has 0 N–H and O–H groups in total. The molecule has 0 aromatic rings. The van der Waals surface area contributed by atoms with Crippen LogP contribution in [0.3, 0.4) is 0 Å². The first-order chi connectivity index (χ1) is 5.76. The van der Waals surface area contributed by atoms with E-state index in [9.17, 15) is 4.79 Å². The molecule has 0 aliphatic rings. The minimum atomic E-state index is -0.221. The highest BCUT2D eigenvalue weighted by Crippen LogP contribution is 1.94. The molecule has 0 aromatic heterocycles. The van der Waals surface area contributed by atoms with Crippen molar-refractivity contribution in [1.82, 2.24) is 4.90 Å². The molecule has 0 unspecified atom stereocenters. The van der Waals surface area contributed by atoms with E-state index in [0.717, 1.165) is 12.2 Å². The van der Waals surface area contributed by atoms with Crippen LogP contribution in [-0.4, -0.2) is 36.4 Å². The van der Waals surface area contributed by atoms with Crippen LogP contribution in [0.5, 0.6) is 0 Å². The number of hydrogen-bond donors (Lipinski definition) is 1. The number of carbonyl (C=O) groups is 1. The van der Waals surface area contributed by atoms with Gasteiger partial charge in [-0.2, -0.15) is 12.6 Å². The lowest BCUT2D eigenvalue weighted by Crippen LogP contribution is -2.31. The van der Waals surface area contributed by atoms with Gasteiger partial charge >= 0.3 is 6.09 Å². The summed E-state index contributed by atoms with van der Waals surface area (Å²) in [7, 11) is 0. The van der Waals surface area contributed by atoms with E-state index >= 15 is 0 Å². The number of amides is 1. The van der Waals surface area contributed by atoms with E-state index in [1.807, 2.05) is 13.8 Å². The van der Waals surface area contributed by atoms with Gasteiger partial charge in [-0.15, -0.1) is 0 Å². The molecule has 0 fully saturated rings. The fraction of sp³-hybridized carbons (Fsp3) is 0.875. The summed E-state index contributed by atoms with van der Waals surface area (Å²) in [6.45, 7) is 5.75. The van der Waals surface area contributed by atoms with Crippen molar-refractivity contribution < 1.29 is 9.53 Å². The molecule has 0 heterocycles. The van der Waals surface area contributed by atoms with Gasteiger partial charge < -0.3 is 9.64 Å². The Morgan fingerprint density at radius 1 is 1.42 bits per heavy atom. The van der Waals surface area contributed by atoms with Crippen LogP contribution in [0.25, 0.3) is 0 Å². The van der Waals surface area contributed by atoms with Gasteiger partial charge in [0, 0.05) is 13.1 Å². The normalized spacial score (nSPS) is 9.58. The van der Waals surface area contributed by atoms with E-state index < -0.39 is 0 Å². The zero-order chi connectivity index (χ0) is 9.40. The van der Waals surface area contributed by atoms with E-state index in [1.165, 1.54) is 0 Å². The molecule has 72 valence electrons. The third-order valence-corrected chi connectivity index (χ3v) is 1.87. The number of rotatable bonds is 5. The molecule has 0 saturated carbocycles. The molecule has 0 atom stereocenters. The molecule has 0 aliphatic carbocycles. The maximum atomic E-state index is 11.2. The first-order valence-electron chi connectivity index (χ1n) is 4.28. The smallest absolute Gasteiger partial charge is 0.409 e. The molecule has 0 rings (SSSR count). The van der Waals surface area contributed by atoms with Gasteiger partial charge in [-0.3, -0.25) is 0 Å². The lowest BCUT2D eigenvalue weighted by Gasteiger charge is -2.17. The Kier molecular flexibility index (Phi) is 7.05. The van der Waals surface area contributed by atoms with Crippen molar-refractivity contribution >= 4 is 18.7 Å². The maximum Gasteiger partial charge on any atom is 0.409 e. The second-order valence-electron chi connectivity index (χ2n) is 2.36. The van der Waals surface area contributed by atoms with Gasteiger partial charge in [0.25, 0.3) is 0 Å². The number of thiol groups is 1. The van der Waals surface area contributed by atoms with Crippen molar-refractivity contribution in [3.05, 3.63) is 0 Å². The molecule has 0 aromatic carbocycles. The molecule has 1 amide bonds. The van der Waals surface area contributed by atoms with E-state index in [2.05, 4.69) is 12.6 Å². The van der Waals surface area contributed by atoms with E-state index in [-0.39, 0.29) is 6.09 Å². The fourth-order valence-electron chi connectivity index (χ4n) is 0.797. The third kappa shape index (κ3) is 4.49. The summed E-state index contributed by atoms with van der Waals surface area (Å²) >= 11 is 4.02. The average Bonchev–Trinajstić information content (AvgIpc) is 2.07. The van der Waals surface area contributed by atoms with Crippen molar-refractivity contribution in [3.63, 3.8) is 0 Å². The Labute approximate surface area is 79.5 Å². The Balaban J connectivity index is 3.54. The van der Waals surface area contributed by atoms with Crippen molar-refractivity contribution in [2.75, 3.05) is 25.4 Å². The van der Waals surface area contributed by atoms with Crippen LogP contribution in [0, 0.1) is 0 Å². The van der Waals surface area contributed by atoms with Crippen LogP contribution in [0.15, 0.2) is 0 Å². The molecular weight excluding hydrogens is 174 g/mol. The van der Waals surface area contributed by atoms with Crippen molar-refractivity contribution in [2.24, 2.45) is 0 Å². The first kappa shape index (κ1) is 11.6. The highest BCUT2D eigenvalue weighted by atomic mass is 32.1. The molecule has 0 bridgehead atoms.